The molecule has 2 aromatic rings. The molecule has 168 valence electrons. The molecule has 1 unspecified atom stereocenters. The fourth-order valence-electron chi connectivity index (χ4n) is 4.25. The Labute approximate surface area is 183 Å². The van der Waals surface area contributed by atoms with Crippen LogP contribution in [-0.4, -0.2) is 38.9 Å². The average Bonchev–Trinajstić information content (AvgIpc) is 3.32. The lowest BCUT2D eigenvalue weighted by molar-refractivity contribution is -0.132. The van der Waals surface area contributed by atoms with E-state index in [1.807, 2.05) is 51.1 Å². The van der Waals surface area contributed by atoms with Crippen LogP contribution >= 0.6 is 0 Å². The zero-order valence-corrected chi connectivity index (χ0v) is 18.7. The van der Waals surface area contributed by atoms with Gasteiger partial charge in [-0.2, -0.15) is 0 Å². The second-order valence-electron chi connectivity index (χ2n) is 9.51. The van der Waals surface area contributed by atoms with E-state index in [1.54, 1.807) is 6.20 Å². The fourth-order valence-corrected chi connectivity index (χ4v) is 4.25. The molecule has 0 aliphatic heterocycles. The van der Waals surface area contributed by atoms with E-state index in [2.05, 4.69) is 15.3 Å². The summed E-state index contributed by atoms with van der Waals surface area (Å²) in [5.74, 6) is -0.232. The topological polar surface area (TPSA) is 104 Å². The predicted octanol–water partition coefficient (Wildman–Crippen LogP) is 3.10. The van der Waals surface area contributed by atoms with Crippen LogP contribution in [-0.2, 0) is 27.5 Å². The lowest BCUT2D eigenvalue weighted by atomic mass is 9.77. The number of carbonyl (C=O) groups is 2. The highest BCUT2D eigenvalue weighted by Crippen LogP contribution is 2.41. The molecule has 1 saturated carbocycles. The van der Waals surface area contributed by atoms with Crippen molar-refractivity contribution in [2.75, 3.05) is 0 Å². The van der Waals surface area contributed by atoms with Gasteiger partial charge in [-0.3, -0.25) is 9.59 Å². The molecule has 0 bridgehead atoms. The number of hydrogen-bond donors (Lipinski definition) is 3. The Bertz CT molecular complexity index is 888. The van der Waals surface area contributed by atoms with Gasteiger partial charge in [0.2, 0.25) is 5.91 Å². The maximum atomic E-state index is 13.4. The zero-order valence-electron chi connectivity index (χ0n) is 18.7. The van der Waals surface area contributed by atoms with Crippen LogP contribution in [0.3, 0.4) is 0 Å². The Morgan fingerprint density at radius 2 is 1.94 bits per heavy atom. The van der Waals surface area contributed by atoms with Crippen molar-refractivity contribution in [1.29, 1.82) is 0 Å². The first-order valence-corrected chi connectivity index (χ1v) is 10.8. The molecule has 1 aromatic carbocycles. The van der Waals surface area contributed by atoms with E-state index in [-0.39, 0.29) is 17.6 Å². The first-order chi connectivity index (χ1) is 14.6. The SMILES string of the molecule is CC(=O)N[C@H](C(=O)C1C[C@H](O)C[C@H]1c1ncc(COCc2ccccc2)[nH]1)C(C)(C)C. The fraction of sp³-hybridized carbons (Fsp3) is 0.542. The summed E-state index contributed by atoms with van der Waals surface area (Å²) in [7, 11) is 0. The van der Waals surface area contributed by atoms with Crippen LogP contribution < -0.4 is 5.32 Å². The number of hydrogen-bond acceptors (Lipinski definition) is 5. The van der Waals surface area contributed by atoms with Crippen molar-refractivity contribution in [3.63, 3.8) is 0 Å². The summed E-state index contributed by atoms with van der Waals surface area (Å²) in [4.78, 5) is 32.9. The van der Waals surface area contributed by atoms with Crippen LogP contribution in [0.4, 0.5) is 0 Å². The highest BCUT2D eigenvalue weighted by atomic mass is 16.5. The van der Waals surface area contributed by atoms with Gasteiger partial charge in [0.25, 0.3) is 0 Å². The molecule has 31 heavy (non-hydrogen) atoms. The lowest BCUT2D eigenvalue weighted by Gasteiger charge is -2.33. The highest BCUT2D eigenvalue weighted by molar-refractivity contribution is 5.91. The number of nitrogens with one attached hydrogen (secondary N) is 2. The maximum absolute atomic E-state index is 13.4. The molecule has 4 atom stereocenters. The van der Waals surface area contributed by atoms with Crippen molar-refractivity contribution in [2.45, 2.75) is 71.8 Å². The number of ether oxygens (including phenoxy) is 1. The number of aromatic amines is 1. The van der Waals surface area contributed by atoms with Crippen molar-refractivity contribution in [3.8, 4) is 0 Å². The predicted molar refractivity (Wildman–Crippen MR) is 117 cm³/mol. The molecule has 3 rings (SSSR count). The van der Waals surface area contributed by atoms with Gasteiger partial charge in [0.15, 0.2) is 5.78 Å². The van der Waals surface area contributed by atoms with Crippen LogP contribution in [0.2, 0.25) is 0 Å². The summed E-state index contributed by atoms with van der Waals surface area (Å²) >= 11 is 0. The average molecular weight is 428 g/mol. The standard InChI is InChI=1S/C24H33N3O4/c1-15(28)26-22(24(2,3)4)21(30)19-10-18(29)11-20(19)23-25-12-17(27-23)14-31-13-16-8-6-5-7-9-16/h5-9,12,18-20,22,29H,10-11,13-14H2,1-4H3,(H,25,27)(H,26,28)/t18-,19?,20+,22+/m0/s1. The third-order valence-electron chi connectivity index (χ3n) is 5.77. The van der Waals surface area contributed by atoms with Gasteiger partial charge in [-0.05, 0) is 23.8 Å². The minimum absolute atomic E-state index is 0.0532. The third kappa shape index (κ3) is 6.02. The van der Waals surface area contributed by atoms with E-state index in [9.17, 15) is 14.7 Å². The number of ketones is 1. The van der Waals surface area contributed by atoms with Gasteiger partial charge in [0.05, 0.1) is 37.3 Å². The summed E-state index contributed by atoms with van der Waals surface area (Å²) in [6.07, 6.45) is 1.99. The van der Waals surface area contributed by atoms with E-state index in [1.165, 1.54) is 6.92 Å². The van der Waals surface area contributed by atoms with Crippen molar-refractivity contribution < 1.29 is 19.4 Å². The van der Waals surface area contributed by atoms with Gasteiger partial charge in [0, 0.05) is 18.8 Å². The molecule has 0 saturated heterocycles. The van der Waals surface area contributed by atoms with Crippen molar-refractivity contribution >= 4 is 11.7 Å². The van der Waals surface area contributed by atoms with E-state index in [0.717, 1.165) is 11.3 Å². The number of H-pyrrole nitrogens is 1. The Morgan fingerprint density at radius 3 is 2.58 bits per heavy atom. The Morgan fingerprint density at radius 1 is 1.23 bits per heavy atom. The molecule has 1 amide bonds. The number of Topliss-reactive ketones (excluding diaryl/α,β-unsaturated/α-hetero) is 1. The van der Waals surface area contributed by atoms with Crippen LogP contribution in [0.1, 0.15) is 63.5 Å². The van der Waals surface area contributed by atoms with E-state index in [0.29, 0.717) is 31.9 Å². The van der Waals surface area contributed by atoms with Gasteiger partial charge in [-0.15, -0.1) is 0 Å². The second kappa shape index (κ2) is 9.75. The number of aliphatic hydroxyl groups is 1. The summed E-state index contributed by atoms with van der Waals surface area (Å²) < 4.78 is 5.77. The van der Waals surface area contributed by atoms with Crippen LogP contribution in [0.5, 0.6) is 0 Å². The molecule has 0 radical (unpaired) electrons. The molecule has 1 aliphatic rings. The molecule has 1 fully saturated rings. The summed E-state index contributed by atoms with van der Waals surface area (Å²) in [6, 6.07) is 9.31. The minimum Gasteiger partial charge on any atom is -0.393 e. The molecule has 3 N–H and O–H groups in total. The van der Waals surface area contributed by atoms with Gasteiger partial charge >= 0.3 is 0 Å². The summed E-state index contributed by atoms with van der Waals surface area (Å²) in [5, 5.41) is 13.1. The monoisotopic (exact) mass is 427 g/mol. The van der Waals surface area contributed by atoms with Crippen LogP contribution in [0.15, 0.2) is 36.5 Å². The van der Waals surface area contributed by atoms with Crippen molar-refractivity contribution in [1.82, 2.24) is 15.3 Å². The number of benzene rings is 1. The number of imidazole rings is 1. The van der Waals surface area contributed by atoms with Crippen molar-refractivity contribution in [3.05, 3.63) is 53.6 Å². The van der Waals surface area contributed by atoms with Gasteiger partial charge in [-0.1, -0.05) is 51.1 Å². The molecule has 7 nitrogen and oxygen atoms in total. The van der Waals surface area contributed by atoms with Gasteiger partial charge < -0.3 is 20.1 Å². The Balaban J connectivity index is 1.69. The number of nitrogens with zero attached hydrogens (tertiary/aromatic N) is 1. The first kappa shape index (κ1) is 23.2. The maximum Gasteiger partial charge on any atom is 0.217 e. The molecule has 7 heteroatoms. The third-order valence-corrected chi connectivity index (χ3v) is 5.77. The number of aliphatic hydroxyl groups excluding tert-OH is 1. The summed E-state index contributed by atoms with van der Waals surface area (Å²) in [6.45, 7) is 8.10. The Hall–Kier alpha value is -2.51. The minimum atomic E-state index is -0.619. The zero-order chi connectivity index (χ0) is 22.6. The van der Waals surface area contributed by atoms with E-state index < -0.39 is 23.5 Å². The van der Waals surface area contributed by atoms with E-state index >= 15 is 0 Å². The Kier molecular flexibility index (Phi) is 7.28. The van der Waals surface area contributed by atoms with Gasteiger partial charge in [-0.25, -0.2) is 4.98 Å². The quantitative estimate of drug-likeness (QED) is 0.600. The molecular formula is C24H33N3O4. The second-order valence-corrected chi connectivity index (χ2v) is 9.51. The number of rotatable bonds is 8. The van der Waals surface area contributed by atoms with Crippen LogP contribution in [0, 0.1) is 11.3 Å². The highest BCUT2D eigenvalue weighted by Gasteiger charge is 2.45. The number of amides is 1. The normalized spacial score (nSPS) is 22.3. The molecule has 0 spiro atoms. The number of carbonyl (C=O) groups excluding carboxylic acids is 2. The van der Waals surface area contributed by atoms with Crippen LogP contribution in [0.25, 0.3) is 0 Å². The molecule has 1 heterocycles. The first-order valence-electron chi connectivity index (χ1n) is 10.8. The number of aromatic nitrogens is 2. The molecule has 1 aliphatic carbocycles. The summed E-state index contributed by atoms with van der Waals surface area (Å²) in [5.41, 5.74) is 1.49. The molecular weight excluding hydrogens is 394 g/mol. The van der Waals surface area contributed by atoms with Crippen molar-refractivity contribution in [2.24, 2.45) is 11.3 Å². The lowest BCUT2D eigenvalue weighted by Crippen LogP contribution is -2.51. The van der Waals surface area contributed by atoms with Gasteiger partial charge in [0.1, 0.15) is 5.82 Å². The smallest absolute Gasteiger partial charge is 0.217 e. The van der Waals surface area contributed by atoms with E-state index in [4.69, 9.17) is 4.74 Å². The molecule has 1 aromatic heterocycles. The largest absolute Gasteiger partial charge is 0.393 e.